The van der Waals surface area contributed by atoms with Gasteiger partial charge >= 0.3 is 0 Å². The first-order valence-electron chi connectivity index (χ1n) is 9.20. The quantitative estimate of drug-likeness (QED) is 0.238. The largest absolute Gasteiger partial charge is 0.195 e. The first-order chi connectivity index (χ1) is 14.0. The van der Waals surface area contributed by atoms with Gasteiger partial charge in [0.1, 0.15) is 6.15 Å². The van der Waals surface area contributed by atoms with Gasteiger partial charge in [-0.25, -0.2) is 0 Å². The molecule has 0 radical (unpaired) electrons. The van der Waals surface area contributed by atoms with Crippen LogP contribution in [-0.4, -0.2) is 6.15 Å². The molecule has 5 heteroatoms. The van der Waals surface area contributed by atoms with Crippen LogP contribution in [0.2, 0.25) is 0 Å². The molecule has 4 rings (SSSR count). The van der Waals surface area contributed by atoms with Gasteiger partial charge in [-0.15, -0.1) is 0 Å². The SMILES string of the molecule is Brc1ccc([B-](c2ccc(Br)cc2)(c2ccc(Br)cc2)c2ccc(Br)cc2)cc1. The van der Waals surface area contributed by atoms with E-state index in [1.807, 2.05) is 0 Å². The molecule has 0 spiro atoms. The molecule has 0 amide bonds. The van der Waals surface area contributed by atoms with Crippen LogP contribution in [0.15, 0.2) is 115 Å². The molecule has 0 saturated heterocycles. The number of hydrogen-bond acceptors (Lipinski definition) is 0. The molecule has 0 bridgehead atoms. The molecule has 0 heterocycles. The number of hydrogen-bond donors (Lipinski definition) is 0. The highest BCUT2D eigenvalue weighted by Gasteiger charge is 2.31. The summed E-state index contributed by atoms with van der Waals surface area (Å²) in [4.78, 5) is 0. The molecule has 0 aliphatic heterocycles. The second kappa shape index (κ2) is 8.93. The van der Waals surface area contributed by atoms with E-state index in [0.29, 0.717) is 0 Å². The average molecular weight is 635 g/mol. The van der Waals surface area contributed by atoms with E-state index in [-0.39, 0.29) is 0 Å². The highest BCUT2D eigenvalue weighted by atomic mass is 79.9. The van der Waals surface area contributed by atoms with Crippen molar-refractivity contribution in [2.75, 3.05) is 0 Å². The zero-order valence-corrected chi connectivity index (χ0v) is 21.7. The van der Waals surface area contributed by atoms with Gasteiger partial charge in [0, 0.05) is 17.9 Å². The van der Waals surface area contributed by atoms with Crippen LogP contribution in [0.4, 0.5) is 0 Å². The van der Waals surface area contributed by atoms with Gasteiger partial charge in [0.25, 0.3) is 0 Å². The van der Waals surface area contributed by atoms with Crippen molar-refractivity contribution < 1.29 is 0 Å². The lowest BCUT2D eigenvalue weighted by Crippen LogP contribution is -2.74. The maximum atomic E-state index is 3.60. The van der Waals surface area contributed by atoms with Crippen molar-refractivity contribution >= 4 is 91.7 Å². The molecule has 0 aliphatic carbocycles. The standard InChI is InChI=1S/C24H16BBr4/c26-21-9-1-17(2-10-21)25(18-3-11-22(27)12-4-18,19-5-13-23(28)14-6-19)20-7-15-24(29)16-8-20/h1-16H/q-1. The Morgan fingerprint density at radius 3 is 0.655 bits per heavy atom. The molecule has 0 nitrogen and oxygen atoms in total. The lowest BCUT2D eigenvalue weighted by Gasteiger charge is -2.44. The monoisotopic (exact) mass is 631 g/mol. The van der Waals surface area contributed by atoms with E-state index in [4.69, 9.17) is 0 Å². The minimum absolute atomic E-state index is 1.08. The molecule has 4 aromatic rings. The summed E-state index contributed by atoms with van der Waals surface area (Å²) < 4.78 is 4.31. The van der Waals surface area contributed by atoms with Gasteiger partial charge in [-0.3, -0.25) is 0 Å². The molecule has 144 valence electrons. The fraction of sp³-hybridized carbons (Fsp3) is 0. The predicted molar refractivity (Wildman–Crippen MR) is 141 cm³/mol. The lowest BCUT2D eigenvalue weighted by atomic mass is 9.13. The van der Waals surface area contributed by atoms with Crippen LogP contribution in [0.5, 0.6) is 0 Å². The van der Waals surface area contributed by atoms with Crippen molar-refractivity contribution in [2.45, 2.75) is 0 Å². The third kappa shape index (κ3) is 4.20. The molecule has 29 heavy (non-hydrogen) atoms. The van der Waals surface area contributed by atoms with Crippen LogP contribution in [0.3, 0.4) is 0 Å². The summed E-state index contributed by atoms with van der Waals surface area (Å²) in [5, 5.41) is 0. The maximum Gasteiger partial charge on any atom is 0.108 e. The number of benzene rings is 4. The third-order valence-electron chi connectivity index (χ3n) is 5.48. The minimum atomic E-state index is -1.36. The van der Waals surface area contributed by atoms with Gasteiger partial charge in [-0.2, -0.15) is 21.9 Å². The summed E-state index contributed by atoms with van der Waals surface area (Å²) in [6.45, 7) is 0. The zero-order chi connectivity index (χ0) is 20.4. The van der Waals surface area contributed by atoms with Crippen molar-refractivity contribution in [3.05, 3.63) is 115 Å². The van der Waals surface area contributed by atoms with Gasteiger partial charge in [-0.1, -0.05) is 161 Å². The molecule has 0 fully saturated rings. The van der Waals surface area contributed by atoms with E-state index in [1.165, 1.54) is 21.9 Å². The zero-order valence-electron chi connectivity index (χ0n) is 15.3. The van der Waals surface area contributed by atoms with Crippen LogP contribution in [0.1, 0.15) is 0 Å². The van der Waals surface area contributed by atoms with Crippen LogP contribution < -0.4 is 21.9 Å². The Hall–Kier alpha value is -1.14. The van der Waals surface area contributed by atoms with E-state index < -0.39 is 6.15 Å². The Morgan fingerprint density at radius 2 is 0.483 bits per heavy atom. The van der Waals surface area contributed by atoms with Gasteiger partial charge in [0.2, 0.25) is 0 Å². The summed E-state index contributed by atoms with van der Waals surface area (Å²) in [6, 6.07) is 34.9. The Kier molecular flexibility index (Phi) is 6.50. The van der Waals surface area contributed by atoms with Crippen LogP contribution in [-0.2, 0) is 0 Å². The number of rotatable bonds is 4. The summed E-state index contributed by atoms with van der Waals surface area (Å²) >= 11 is 14.4. The fourth-order valence-electron chi connectivity index (χ4n) is 4.16. The molecule has 0 aromatic heterocycles. The van der Waals surface area contributed by atoms with Gasteiger partial charge < -0.3 is 0 Å². The van der Waals surface area contributed by atoms with Crippen molar-refractivity contribution in [3.63, 3.8) is 0 Å². The Morgan fingerprint density at radius 1 is 0.310 bits per heavy atom. The maximum absolute atomic E-state index is 3.60. The number of halogens is 4. The molecule has 0 N–H and O–H groups in total. The minimum Gasteiger partial charge on any atom is -0.195 e. The van der Waals surface area contributed by atoms with E-state index in [9.17, 15) is 0 Å². The normalized spacial score (nSPS) is 11.4. The lowest BCUT2D eigenvalue weighted by molar-refractivity contribution is 1.61. The van der Waals surface area contributed by atoms with E-state index in [2.05, 4.69) is 161 Å². The average Bonchev–Trinajstić information content (AvgIpc) is 2.73. The molecular weight excluding hydrogens is 619 g/mol. The van der Waals surface area contributed by atoms with Crippen molar-refractivity contribution in [3.8, 4) is 0 Å². The summed E-state index contributed by atoms with van der Waals surface area (Å²) in [5.74, 6) is 0. The molecule has 4 aromatic carbocycles. The van der Waals surface area contributed by atoms with E-state index in [0.717, 1.165) is 17.9 Å². The molecular formula is C24H16BBr4-. The Labute approximate surface area is 205 Å². The van der Waals surface area contributed by atoms with Crippen molar-refractivity contribution in [2.24, 2.45) is 0 Å². The second-order valence-corrected chi connectivity index (χ2v) is 10.7. The van der Waals surface area contributed by atoms with Crippen molar-refractivity contribution in [1.82, 2.24) is 0 Å². The van der Waals surface area contributed by atoms with E-state index >= 15 is 0 Å². The Balaban J connectivity index is 2.11. The fourth-order valence-corrected chi connectivity index (χ4v) is 5.22. The van der Waals surface area contributed by atoms with E-state index in [1.54, 1.807) is 0 Å². The first-order valence-corrected chi connectivity index (χ1v) is 12.4. The van der Waals surface area contributed by atoms with Gasteiger partial charge in [-0.05, 0) is 0 Å². The topological polar surface area (TPSA) is 0 Å². The Bertz CT molecular complexity index is 916. The molecule has 0 aliphatic rings. The summed E-state index contributed by atoms with van der Waals surface area (Å²) in [5.41, 5.74) is 5.11. The predicted octanol–water partition coefficient (Wildman–Crippen LogP) is 6.11. The van der Waals surface area contributed by atoms with Crippen molar-refractivity contribution in [1.29, 1.82) is 0 Å². The molecule has 0 unspecified atom stereocenters. The smallest absolute Gasteiger partial charge is 0.108 e. The molecule has 0 saturated carbocycles. The summed E-state index contributed by atoms with van der Waals surface area (Å²) in [7, 11) is 0. The first kappa shape index (κ1) is 21.1. The highest BCUT2D eigenvalue weighted by Crippen LogP contribution is 2.17. The van der Waals surface area contributed by atoms with Gasteiger partial charge in [0.15, 0.2) is 0 Å². The van der Waals surface area contributed by atoms with Crippen LogP contribution in [0.25, 0.3) is 0 Å². The van der Waals surface area contributed by atoms with Crippen LogP contribution >= 0.6 is 63.7 Å². The molecule has 0 atom stereocenters. The second-order valence-electron chi connectivity index (χ2n) is 7.07. The van der Waals surface area contributed by atoms with Crippen LogP contribution in [0, 0.1) is 0 Å². The van der Waals surface area contributed by atoms with Gasteiger partial charge in [0.05, 0.1) is 0 Å². The highest BCUT2D eigenvalue weighted by molar-refractivity contribution is 9.11. The summed E-state index contributed by atoms with van der Waals surface area (Å²) in [6.07, 6.45) is -1.36. The third-order valence-corrected chi connectivity index (χ3v) is 7.59.